The molecule has 0 atom stereocenters. The number of nitriles is 1. The molecular weight excluding hydrogens is 314 g/mol. The molecule has 2 aromatic rings. The number of hydrogen-bond donors (Lipinski definition) is 1. The van der Waals surface area contributed by atoms with Crippen LogP contribution in [-0.2, 0) is 13.0 Å². The summed E-state index contributed by atoms with van der Waals surface area (Å²) in [6, 6.07) is 14.2. The smallest absolute Gasteiger partial charge is 0.100 e. The number of anilines is 2. The van der Waals surface area contributed by atoms with Crippen molar-refractivity contribution < 1.29 is 0 Å². The number of halogens is 1. The Balaban J connectivity index is 1.90. The molecule has 2 N–H and O–H groups in total. The van der Waals surface area contributed by atoms with Crippen molar-refractivity contribution in [3.8, 4) is 6.07 Å². The SMILES string of the molecule is N#Cc1ccc(N2CCc3ccc(N)cc3C2)cc1Br. The Kier molecular flexibility index (Phi) is 3.37. The fourth-order valence-corrected chi connectivity index (χ4v) is 3.04. The molecule has 1 aliphatic heterocycles. The van der Waals surface area contributed by atoms with Gasteiger partial charge >= 0.3 is 0 Å². The largest absolute Gasteiger partial charge is 0.399 e. The van der Waals surface area contributed by atoms with Gasteiger partial charge in [-0.15, -0.1) is 0 Å². The van der Waals surface area contributed by atoms with Crippen molar-refractivity contribution in [2.45, 2.75) is 13.0 Å². The van der Waals surface area contributed by atoms with Gasteiger partial charge in [-0.05, 0) is 63.8 Å². The van der Waals surface area contributed by atoms with Crippen molar-refractivity contribution in [3.05, 3.63) is 57.6 Å². The quantitative estimate of drug-likeness (QED) is 0.816. The number of rotatable bonds is 1. The van der Waals surface area contributed by atoms with E-state index in [1.54, 1.807) is 0 Å². The third kappa shape index (κ3) is 2.37. The molecule has 0 amide bonds. The maximum absolute atomic E-state index is 8.97. The zero-order valence-electron chi connectivity index (χ0n) is 10.9. The molecule has 4 heteroatoms. The summed E-state index contributed by atoms with van der Waals surface area (Å²) >= 11 is 3.45. The molecular formula is C16H14BrN3. The Hall–Kier alpha value is -1.99. The van der Waals surface area contributed by atoms with Gasteiger partial charge in [0.25, 0.3) is 0 Å². The van der Waals surface area contributed by atoms with E-state index >= 15 is 0 Å². The molecule has 0 aliphatic carbocycles. The number of nitrogen functional groups attached to an aromatic ring is 1. The Labute approximate surface area is 126 Å². The Morgan fingerprint density at radius 2 is 2.00 bits per heavy atom. The first-order valence-corrected chi connectivity index (χ1v) is 7.28. The molecule has 100 valence electrons. The second-order valence-corrected chi connectivity index (χ2v) is 5.83. The van der Waals surface area contributed by atoms with Crippen molar-refractivity contribution >= 4 is 27.3 Å². The number of nitrogens with two attached hydrogens (primary N) is 1. The van der Waals surface area contributed by atoms with Gasteiger partial charge in [0.05, 0.1) is 5.56 Å². The van der Waals surface area contributed by atoms with Crippen LogP contribution >= 0.6 is 15.9 Å². The summed E-state index contributed by atoms with van der Waals surface area (Å²) in [7, 11) is 0. The van der Waals surface area contributed by atoms with Crippen LogP contribution in [0.4, 0.5) is 11.4 Å². The molecule has 1 heterocycles. The van der Waals surface area contributed by atoms with Gasteiger partial charge in [-0.3, -0.25) is 0 Å². The first-order valence-electron chi connectivity index (χ1n) is 6.49. The molecule has 0 radical (unpaired) electrons. The van der Waals surface area contributed by atoms with Crippen LogP contribution in [0, 0.1) is 11.3 Å². The van der Waals surface area contributed by atoms with E-state index in [0.29, 0.717) is 5.56 Å². The van der Waals surface area contributed by atoms with Gasteiger partial charge in [-0.25, -0.2) is 0 Å². The van der Waals surface area contributed by atoms with Gasteiger partial charge in [0.15, 0.2) is 0 Å². The lowest BCUT2D eigenvalue weighted by atomic mass is 9.98. The Bertz CT molecular complexity index is 703. The highest BCUT2D eigenvalue weighted by atomic mass is 79.9. The normalized spacial score (nSPS) is 13.7. The zero-order chi connectivity index (χ0) is 14.1. The third-order valence-electron chi connectivity index (χ3n) is 3.68. The van der Waals surface area contributed by atoms with Crippen LogP contribution < -0.4 is 10.6 Å². The van der Waals surface area contributed by atoms with Gasteiger partial charge in [0.1, 0.15) is 6.07 Å². The fourth-order valence-electron chi connectivity index (χ4n) is 2.59. The third-order valence-corrected chi connectivity index (χ3v) is 4.34. The van der Waals surface area contributed by atoms with Crippen LogP contribution in [-0.4, -0.2) is 6.54 Å². The molecule has 1 aliphatic rings. The predicted molar refractivity (Wildman–Crippen MR) is 84.5 cm³/mol. The second-order valence-electron chi connectivity index (χ2n) is 4.98. The zero-order valence-corrected chi connectivity index (χ0v) is 12.5. The average Bonchev–Trinajstić information content (AvgIpc) is 2.46. The monoisotopic (exact) mass is 327 g/mol. The highest BCUT2D eigenvalue weighted by Gasteiger charge is 2.17. The van der Waals surface area contributed by atoms with Crippen LogP contribution in [0.2, 0.25) is 0 Å². The van der Waals surface area contributed by atoms with Gasteiger partial charge in [-0.2, -0.15) is 5.26 Å². The van der Waals surface area contributed by atoms with E-state index < -0.39 is 0 Å². The molecule has 0 aromatic heterocycles. The first-order chi connectivity index (χ1) is 9.67. The van der Waals surface area contributed by atoms with Crippen LogP contribution in [0.1, 0.15) is 16.7 Å². The van der Waals surface area contributed by atoms with Crippen LogP contribution in [0.15, 0.2) is 40.9 Å². The van der Waals surface area contributed by atoms with Crippen LogP contribution in [0.25, 0.3) is 0 Å². The van der Waals surface area contributed by atoms with Crippen molar-refractivity contribution in [2.75, 3.05) is 17.2 Å². The first kappa shape index (κ1) is 13.0. The van der Waals surface area contributed by atoms with Crippen molar-refractivity contribution in [3.63, 3.8) is 0 Å². The highest BCUT2D eigenvalue weighted by Crippen LogP contribution is 2.29. The average molecular weight is 328 g/mol. The molecule has 3 nitrogen and oxygen atoms in total. The standard InChI is InChI=1S/C16H14BrN3/c17-16-8-15(4-2-12(16)9-18)20-6-5-11-1-3-14(19)7-13(11)10-20/h1-4,7-8H,5-6,10,19H2. The number of hydrogen-bond acceptors (Lipinski definition) is 3. The number of benzene rings is 2. The molecule has 2 aromatic carbocycles. The minimum Gasteiger partial charge on any atom is -0.399 e. The number of nitrogens with zero attached hydrogens (tertiary/aromatic N) is 2. The molecule has 3 rings (SSSR count). The molecule has 20 heavy (non-hydrogen) atoms. The molecule has 0 unspecified atom stereocenters. The lowest BCUT2D eigenvalue weighted by molar-refractivity contribution is 0.732. The summed E-state index contributed by atoms with van der Waals surface area (Å²) in [5, 5.41) is 8.97. The number of fused-ring (bicyclic) bond motifs is 1. The van der Waals surface area contributed by atoms with E-state index in [4.69, 9.17) is 11.0 Å². The molecule has 0 saturated carbocycles. The molecule has 0 saturated heterocycles. The van der Waals surface area contributed by atoms with Crippen molar-refractivity contribution in [1.82, 2.24) is 0 Å². The molecule has 0 bridgehead atoms. The second kappa shape index (κ2) is 5.18. The topological polar surface area (TPSA) is 53.0 Å². The van der Waals surface area contributed by atoms with E-state index in [-0.39, 0.29) is 0 Å². The maximum atomic E-state index is 8.97. The fraction of sp³-hybridized carbons (Fsp3) is 0.188. The minimum absolute atomic E-state index is 0.662. The summed E-state index contributed by atoms with van der Waals surface area (Å²) in [5.41, 5.74) is 11.1. The summed E-state index contributed by atoms with van der Waals surface area (Å²) in [5.74, 6) is 0. The van der Waals surface area contributed by atoms with Crippen LogP contribution in [0.5, 0.6) is 0 Å². The van der Waals surface area contributed by atoms with Gasteiger partial charge in [0, 0.05) is 28.9 Å². The van der Waals surface area contributed by atoms with E-state index in [1.807, 2.05) is 24.3 Å². The molecule has 0 spiro atoms. The summed E-state index contributed by atoms with van der Waals surface area (Å²) < 4.78 is 0.843. The summed E-state index contributed by atoms with van der Waals surface area (Å²) in [6.07, 6.45) is 1.02. The Morgan fingerprint density at radius 1 is 1.15 bits per heavy atom. The lowest BCUT2D eigenvalue weighted by Gasteiger charge is -2.31. The predicted octanol–water partition coefficient (Wildman–Crippen LogP) is 3.47. The Morgan fingerprint density at radius 3 is 2.75 bits per heavy atom. The van der Waals surface area contributed by atoms with Gasteiger partial charge in [-0.1, -0.05) is 6.07 Å². The van der Waals surface area contributed by atoms with Gasteiger partial charge < -0.3 is 10.6 Å². The summed E-state index contributed by atoms with van der Waals surface area (Å²) in [4.78, 5) is 2.31. The van der Waals surface area contributed by atoms with Gasteiger partial charge in [0.2, 0.25) is 0 Å². The van der Waals surface area contributed by atoms with Crippen molar-refractivity contribution in [1.29, 1.82) is 5.26 Å². The van der Waals surface area contributed by atoms with E-state index in [2.05, 4.69) is 39.0 Å². The minimum atomic E-state index is 0.662. The highest BCUT2D eigenvalue weighted by molar-refractivity contribution is 9.10. The van der Waals surface area contributed by atoms with Crippen LogP contribution in [0.3, 0.4) is 0 Å². The summed E-state index contributed by atoms with van der Waals surface area (Å²) in [6.45, 7) is 1.84. The molecule has 0 fully saturated rings. The van der Waals surface area contributed by atoms with Crippen molar-refractivity contribution in [2.24, 2.45) is 0 Å². The lowest BCUT2D eigenvalue weighted by Crippen LogP contribution is -2.30. The van der Waals surface area contributed by atoms with E-state index in [9.17, 15) is 0 Å². The van der Waals surface area contributed by atoms with E-state index in [0.717, 1.165) is 35.4 Å². The van der Waals surface area contributed by atoms with E-state index in [1.165, 1.54) is 11.1 Å². The maximum Gasteiger partial charge on any atom is 0.100 e.